The van der Waals surface area contributed by atoms with Crippen molar-refractivity contribution in [2.24, 2.45) is 0 Å². The molecule has 184 valence electrons. The van der Waals surface area contributed by atoms with Crippen molar-refractivity contribution in [2.75, 3.05) is 39.5 Å². The van der Waals surface area contributed by atoms with Crippen LogP contribution in [-0.4, -0.2) is 56.2 Å². The number of rotatable bonds is 12. The van der Waals surface area contributed by atoms with Crippen molar-refractivity contribution in [3.63, 3.8) is 0 Å². The maximum atomic E-state index is 12.9. The highest BCUT2D eigenvalue weighted by Crippen LogP contribution is 2.28. The van der Waals surface area contributed by atoms with E-state index in [9.17, 15) is 14.0 Å². The molecule has 2 aromatic rings. The van der Waals surface area contributed by atoms with Crippen LogP contribution >= 0.6 is 0 Å². The van der Waals surface area contributed by atoms with Crippen LogP contribution in [0.25, 0.3) is 0 Å². The Balaban J connectivity index is 1.42. The number of piperidine rings is 1. The number of likely N-dealkylation sites (tertiary alicyclic amines) is 1. The molecule has 1 fully saturated rings. The summed E-state index contributed by atoms with van der Waals surface area (Å²) in [5, 5.41) is 2.89. The van der Waals surface area contributed by atoms with Crippen LogP contribution in [-0.2, 0) is 4.79 Å². The Labute approximate surface area is 200 Å². The first kappa shape index (κ1) is 25.3. The van der Waals surface area contributed by atoms with E-state index in [0.29, 0.717) is 42.6 Å². The molecule has 0 bridgehead atoms. The predicted octanol–water partition coefficient (Wildman–Crippen LogP) is 4.20. The van der Waals surface area contributed by atoms with Crippen LogP contribution in [0.3, 0.4) is 0 Å². The molecule has 0 aliphatic carbocycles. The zero-order valence-electron chi connectivity index (χ0n) is 19.7. The number of carbonyl (C=O) groups is 2. The largest absolute Gasteiger partial charge is 0.494 e. The molecule has 1 N–H and O–H groups in total. The molecule has 0 radical (unpaired) electrons. The summed E-state index contributed by atoms with van der Waals surface area (Å²) in [5.74, 6) is 0.960. The molecule has 2 aromatic carbocycles. The van der Waals surface area contributed by atoms with E-state index in [1.165, 1.54) is 12.1 Å². The fourth-order valence-corrected chi connectivity index (χ4v) is 3.66. The van der Waals surface area contributed by atoms with Gasteiger partial charge in [-0.15, -0.1) is 0 Å². The van der Waals surface area contributed by atoms with Gasteiger partial charge in [-0.2, -0.15) is 0 Å². The maximum Gasteiger partial charge on any atom is 0.260 e. The summed E-state index contributed by atoms with van der Waals surface area (Å²) in [6.07, 6.45) is 4.71. The molecule has 8 heteroatoms. The molecule has 0 unspecified atom stereocenters. The van der Waals surface area contributed by atoms with E-state index in [2.05, 4.69) is 5.32 Å². The van der Waals surface area contributed by atoms with Crippen LogP contribution in [0.5, 0.6) is 17.2 Å². The van der Waals surface area contributed by atoms with Crippen molar-refractivity contribution in [3.05, 3.63) is 53.8 Å². The van der Waals surface area contributed by atoms with Gasteiger partial charge in [-0.3, -0.25) is 9.59 Å². The normalized spacial score (nSPS) is 13.3. The molecule has 1 aliphatic rings. The molecule has 0 aromatic heterocycles. The number of hydrogen-bond acceptors (Lipinski definition) is 5. The number of nitrogens with zero attached hydrogens (tertiary/aromatic N) is 1. The molecule has 0 spiro atoms. The Morgan fingerprint density at radius 1 is 0.941 bits per heavy atom. The molecule has 1 saturated heterocycles. The lowest BCUT2D eigenvalue weighted by molar-refractivity contribution is -0.134. The lowest BCUT2D eigenvalue weighted by Gasteiger charge is -2.26. The average molecular weight is 473 g/mol. The maximum absolute atomic E-state index is 12.9. The van der Waals surface area contributed by atoms with Gasteiger partial charge in [0.15, 0.2) is 18.1 Å². The van der Waals surface area contributed by atoms with Crippen LogP contribution in [0.15, 0.2) is 42.5 Å². The van der Waals surface area contributed by atoms with Crippen LogP contribution in [0, 0.1) is 5.82 Å². The number of hydrogen-bond donors (Lipinski definition) is 1. The number of benzene rings is 2. The van der Waals surface area contributed by atoms with E-state index in [4.69, 9.17) is 14.2 Å². The minimum absolute atomic E-state index is 0.0348. The highest BCUT2D eigenvalue weighted by Gasteiger charge is 2.18. The van der Waals surface area contributed by atoms with Crippen LogP contribution in [0.1, 0.15) is 49.4 Å². The van der Waals surface area contributed by atoms with Gasteiger partial charge < -0.3 is 24.4 Å². The van der Waals surface area contributed by atoms with Gasteiger partial charge in [0, 0.05) is 25.2 Å². The Morgan fingerprint density at radius 2 is 1.71 bits per heavy atom. The first-order chi connectivity index (χ1) is 16.6. The monoisotopic (exact) mass is 472 g/mol. The second kappa shape index (κ2) is 13.4. The summed E-state index contributed by atoms with van der Waals surface area (Å²) in [7, 11) is 0. The first-order valence-corrected chi connectivity index (χ1v) is 11.9. The van der Waals surface area contributed by atoms with Crippen molar-refractivity contribution in [1.29, 1.82) is 0 Å². The van der Waals surface area contributed by atoms with Crippen molar-refractivity contribution < 1.29 is 28.2 Å². The summed E-state index contributed by atoms with van der Waals surface area (Å²) in [4.78, 5) is 26.7. The Kier molecular flexibility index (Phi) is 10.0. The highest BCUT2D eigenvalue weighted by atomic mass is 19.1. The number of nitrogens with one attached hydrogen (secondary N) is 1. The zero-order chi connectivity index (χ0) is 24.2. The van der Waals surface area contributed by atoms with Gasteiger partial charge in [-0.05, 0) is 81.5 Å². The third-order valence-corrected chi connectivity index (χ3v) is 5.50. The standard InChI is InChI=1S/C26H33FN2O5/c1-2-32-24-18-20(8-13-23(24)34-19-25(30)29-15-5-3-6-16-29)26(31)28-14-4-7-17-33-22-11-9-21(27)10-12-22/h8-13,18H,2-7,14-17,19H2,1H3,(H,28,31). The summed E-state index contributed by atoms with van der Waals surface area (Å²) in [6.45, 7) is 4.75. The van der Waals surface area contributed by atoms with Crippen molar-refractivity contribution in [3.8, 4) is 17.2 Å². The van der Waals surface area contributed by atoms with Crippen LogP contribution in [0.4, 0.5) is 4.39 Å². The van der Waals surface area contributed by atoms with E-state index in [-0.39, 0.29) is 24.2 Å². The van der Waals surface area contributed by atoms with Crippen molar-refractivity contribution in [2.45, 2.75) is 39.0 Å². The van der Waals surface area contributed by atoms with E-state index in [1.54, 1.807) is 30.3 Å². The minimum Gasteiger partial charge on any atom is -0.494 e. The summed E-state index contributed by atoms with van der Waals surface area (Å²) in [6, 6.07) is 10.9. The van der Waals surface area contributed by atoms with Crippen LogP contribution in [0.2, 0.25) is 0 Å². The van der Waals surface area contributed by atoms with Crippen molar-refractivity contribution >= 4 is 11.8 Å². The molecule has 1 heterocycles. The molecule has 34 heavy (non-hydrogen) atoms. The van der Waals surface area contributed by atoms with Gasteiger partial charge in [0.2, 0.25) is 0 Å². The molecule has 7 nitrogen and oxygen atoms in total. The number of halogens is 1. The van der Waals surface area contributed by atoms with Crippen LogP contribution < -0.4 is 19.5 Å². The molecule has 3 rings (SSSR count). The minimum atomic E-state index is -0.298. The quantitative estimate of drug-likeness (QED) is 0.469. The summed E-state index contributed by atoms with van der Waals surface area (Å²) in [5.41, 5.74) is 0.459. The number of amides is 2. The van der Waals surface area contributed by atoms with E-state index < -0.39 is 0 Å². The Morgan fingerprint density at radius 3 is 2.44 bits per heavy atom. The summed E-state index contributed by atoms with van der Waals surface area (Å²) >= 11 is 0. The third kappa shape index (κ3) is 7.93. The molecule has 0 saturated carbocycles. The topological polar surface area (TPSA) is 77.1 Å². The smallest absolute Gasteiger partial charge is 0.260 e. The number of ether oxygens (including phenoxy) is 3. The van der Waals surface area contributed by atoms with Gasteiger partial charge in [-0.1, -0.05) is 0 Å². The molecular formula is C26H33FN2O5. The van der Waals surface area contributed by atoms with Crippen molar-refractivity contribution in [1.82, 2.24) is 10.2 Å². The molecule has 2 amide bonds. The fourth-order valence-electron chi connectivity index (χ4n) is 3.66. The lowest BCUT2D eigenvalue weighted by Crippen LogP contribution is -2.38. The molecule has 1 aliphatic heterocycles. The zero-order valence-corrected chi connectivity index (χ0v) is 19.7. The summed E-state index contributed by atoms with van der Waals surface area (Å²) < 4.78 is 29.8. The highest BCUT2D eigenvalue weighted by molar-refractivity contribution is 5.94. The van der Waals surface area contributed by atoms with E-state index in [1.807, 2.05) is 11.8 Å². The second-order valence-electron chi connectivity index (χ2n) is 8.09. The van der Waals surface area contributed by atoms with Gasteiger partial charge in [0.25, 0.3) is 11.8 Å². The fraction of sp³-hybridized carbons (Fsp3) is 0.462. The van der Waals surface area contributed by atoms with Gasteiger partial charge in [0.05, 0.1) is 13.2 Å². The van der Waals surface area contributed by atoms with E-state index in [0.717, 1.165) is 45.2 Å². The van der Waals surface area contributed by atoms with Gasteiger partial charge in [0.1, 0.15) is 11.6 Å². The predicted molar refractivity (Wildman–Crippen MR) is 127 cm³/mol. The lowest BCUT2D eigenvalue weighted by atomic mass is 10.1. The number of unbranched alkanes of at least 4 members (excludes halogenated alkanes) is 1. The first-order valence-electron chi connectivity index (χ1n) is 11.9. The van der Waals surface area contributed by atoms with E-state index >= 15 is 0 Å². The Hall–Kier alpha value is -3.29. The van der Waals surface area contributed by atoms with Gasteiger partial charge in [-0.25, -0.2) is 4.39 Å². The third-order valence-electron chi connectivity index (χ3n) is 5.50. The Bertz CT molecular complexity index is 929. The molecular weight excluding hydrogens is 439 g/mol. The number of carbonyl (C=O) groups excluding carboxylic acids is 2. The SMILES string of the molecule is CCOc1cc(C(=O)NCCCCOc2ccc(F)cc2)ccc1OCC(=O)N1CCCCC1. The average Bonchev–Trinajstić information content (AvgIpc) is 2.86. The van der Waals surface area contributed by atoms with Gasteiger partial charge >= 0.3 is 0 Å². The second-order valence-corrected chi connectivity index (χ2v) is 8.09. The molecule has 0 atom stereocenters.